The Bertz CT molecular complexity index is 888. The molecule has 2 atom stereocenters. The van der Waals surface area contributed by atoms with Gasteiger partial charge in [-0.25, -0.2) is 9.97 Å². The van der Waals surface area contributed by atoms with Crippen molar-refractivity contribution in [3.05, 3.63) is 30.6 Å². The topological polar surface area (TPSA) is 60.2 Å². The molecule has 4 heterocycles. The number of para-hydroxylation sites is 1. The summed E-state index contributed by atoms with van der Waals surface area (Å²) in [6.07, 6.45) is 4.80. The van der Waals surface area contributed by atoms with Gasteiger partial charge < -0.3 is 14.5 Å². The Morgan fingerprint density at radius 1 is 1.25 bits per heavy atom. The van der Waals surface area contributed by atoms with E-state index >= 15 is 0 Å². The molecule has 2 aliphatic rings. The number of thioether (sulfide) groups is 1. The lowest BCUT2D eigenvalue weighted by Gasteiger charge is -2.38. The predicted molar refractivity (Wildman–Crippen MR) is 96.6 cm³/mol. The van der Waals surface area contributed by atoms with Crippen LogP contribution in [-0.2, 0) is 4.74 Å². The summed E-state index contributed by atoms with van der Waals surface area (Å²) in [4.78, 5) is 8.87. The summed E-state index contributed by atoms with van der Waals surface area (Å²) in [5.74, 6) is 3.10. The third-order valence-corrected chi connectivity index (χ3v) is 6.28. The quantitative estimate of drug-likeness (QED) is 0.764. The number of hydrogen-bond acceptors (Lipinski definition) is 6. The lowest BCUT2D eigenvalue weighted by molar-refractivity contribution is -0.0628. The summed E-state index contributed by atoms with van der Waals surface area (Å²) in [7, 11) is 0. The van der Waals surface area contributed by atoms with Crippen molar-refractivity contribution in [3.63, 3.8) is 0 Å². The Balaban J connectivity index is 1.48. The zero-order chi connectivity index (χ0) is 16.0. The average molecular weight is 341 g/mol. The first-order chi connectivity index (χ1) is 11.8. The molecule has 0 radical (unpaired) electrons. The lowest BCUT2D eigenvalue weighted by atomic mass is 9.90. The molecule has 1 spiro atoms. The van der Waals surface area contributed by atoms with Crippen molar-refractivity contribution in [2.24, 2.45) is 0 Å². The van der Waals surface area contributed by atoms with Crippen LogP contribution in [-0.4, -0.2) is 39.7 Å². The first-order valence-corrected chi connectivity index (χ1v) is 9.59. The highest BCUT2D eigenvalue weighted by atomic mass is 32.2. The minimum atomic E-state index is 0.0562. The van der Waals surface area contributed by atoms with Gasteiger partial charge in [-0.05, 0) is 37.1 Å². The first kappa shape index (κ1) is 14.5. The largest absolute Gasteiger partial charge is 0.450 e. The number of furan rings is 1. The molecule has 1 aromatic carbocycles. The summed E-state index contributed by atoms with van der Waals surface area (Å²) in [6, 6.07) is 8.36. The Hall–Kier alpha value is -1.79. The second kappa shape index (κ2) is 5.63. The number of anilines is 1. The van der Waals surface area contributed by atoms with E-state index in [0.717, 1.165) is 59.5 Å². The second-order valence-corrected chi connectivity index (χ2v) is 7.77. The van der Waals surface area contributed by atoms with Gasteiger partial charge in [0.25, 0.3) is 0 Å². The standard InChI is InChI=1S/C18H19N3O2S/c1-2-4-14-13(3-1)15-16(23-14)17(20-11-19-15)21-12-5-7-22-18(9-12)6-8-24-10-18/h1-4,11-12H,5-10H2,(H,19,20,21). The molecule has 1 N–H and O–H groups in total. The average Bonchev–Trinajstić information content (AvgIpc) is 3.20. The van der Waals surface area contributed by atoms with E-state index in [2.05, 4.69) is 15.3 Å². The Morgan fingerprint density at radius 2 is 2.21 bits per heavy atom. The van der Waals surface area contributed by atoms with Gasteiger partial charge in [0.1, 0.15) is 17.4 Å². The Morgan fingerprint density at radius 3 is 3.12 bits per heavy atom. The van der Waals surface area contributed by atoms with Crippen LogP contribution in [0, 0.1) is 0 Å². The summed E-state index contributed by atoms with van der Waals surface area (Å²) < 4.78 is 12.1. The van der Waals surface area contributed by atoms with Gasteiger partial charge in [-0.15, -0.1) is 0 Å². The molecular weight excluding hydrogens is 322 g/mol. The number of hydrogen-bond donors (Lipinski definition) is 1. The van der Waals surface area contributed by atoms with Crippen molar-refractivity contribution in [1.82, 2.24) is 9.97 Å². The van der Waals surface area contributed by atoms with Crippen molar-refractivity contribution < 1.29 is 9.15 Å². The molecule has 0 amide bonds. The summed E-state index contributed by atoms with van der Waals surface area (Å²) in [5, 5.41) is 4.64. The predicted octanol–water partition coefficient (Wildman–Crippen LogP) is 3.84. The van der Waals surface area contributed by atoms with Gasteiger partial charge >= 0.3 is 0 Å². The van der Waals surface area contributed by atoms with E-state index in [1.54, 1.807) is 6.33 Å². The van der Waals surface area contributed by atoms with Crippen LogP contribution in [0.25, 0.3) is 22.1 Å². The van der Waals surface area contributed by atoms with E-state index in [1.165, 1.54) is 5.75 Å². The van der Waals surface area contributed by atoms with Crippen molar-refractivity contribution in [1.29, 1.82) is 0 Å². The fourth-order valence-corrected chi connectivity index (χ4v) is 5.21. The van der Waals surface area contributed by atoms with E-state index in [-0.39, 0.29) is 5.60 Å². The van der Waals surface area contributed by atoms with Crippen molar-refractivity contribution in [2.45, 2.75) is 30.9 Å². The number of fused-ring (bicyclic) bond motifs is 3. The molecule has 6 heteroatoms. The maximum atomic E-state index is 6.11. The highest BCUT2D eigenvalue weighted by molar-refractivity contribution is 7.99. The smallest absolute Gasteiger partial charge is 0.196 e. The van der Waals surface area contributed by atoms with Gasteiger partial charge in [0.15, 0.2) is 11.4 Å². The Kier molecular flexibility index (Phi) is 3.41. The van der Waals surface area contributed by atoms with E-state index in [1.807, 2.05) is 36.0 Å². The zero-order valence-corrected chi connectivity index (χ0v) is 14.1. The maximum Gasteiger partial charge on any atom is 0.196 e. The number of nitrogens with one attached hydrogen (secondary N) is 1. The van der Waals surface area contributed by atoms with E-state index in [4.69, 9.17) is 9.15 Å². The fraction of sp³-hybridized carbons (Fsp3) is 0.444. The van der Waals surface area contributed by atoms with Crippen LogP contribution in [0.3, 0.4) is 0 Å². The molecule has 124 valence electrons. The minimum absolute atomic E-state index is 0.0562. The van der Waals surface area contributed by atoms with E-state index < -0.39 is 0 Å². The zero-order valence-electron chi connectivity index (χ0n) is 13.3. The maximum absolute atomic E-state index is 6.11. The molecule has 3 aromatic rings. The van der Waals surface area contributed by atoms with Crippen LogP contribution in [0.5, 0.6) is 0 Å². The van der Waals surface area contributed by atoms with Crippen molar-refractivity contribution in [3.8, 4) is 0 Å². The Labute approximate surface area is 144 Å². The van der Waals surface area contributed by atoms with Gasteiger partial charge in [0.05, 0.1) is 5.60 Å². The van der Waals surface area contributed by atoms with Gasteiger partial charge in [0, 0.05) is 23.8 Å². The molecule has 0 aliphatic carbocycles. The second-order valence-electron chi connectivity index (χ2n) is 6.67. The minimum Gasteiger partial charge on any atom is -0.450 e. The molecule has 24 heavy (non-hydrogen) atoms. The number of rotatable bonds is 2. The van der Waals surface area contributed by atoms with Crippen molar-refractivity contribution >= 4 is 39.6 Å². The van der Waals surface area contributed by atoms with Gasteiger partial charge in [-0.3, -0.25) is 0 Å². The van der Waals surface area contributed by atoms with E-state index in [0.29, 0.717) is 6.04 Å². The molecule has 5 rings (SSSR count). The molecule has 2 aliphatic heterocycles. The van der Waals surface area contributed by atoms with Crippen LogP contribution in [0.1, 0.15) is 19.3 Å². The number of nitrogens with zero attached hydrogens (tertiary/aromatic N) is 2. The number of aromatic nitrogens is 2. The summed E-state index contributed by atoms with van der Waals surface area (Å²) in [6.45, 7) is 0.812. The molecule has 0 saturated carbocycles. The molecule has 5 nitrogen and oxygen atoms in total. The van der Waals surface area contributed by atoms with Gasteiger partial charge in [0.2, 0.25) is 0 Å². The molecule has 2 unspecified atom stereocenters. The highest BCUT2D eigenvalue weighted by Gasteiger charge is 2.40. The first-order valence-electron chi connectivity index (χ1n) is 8.44. The highest BCUT2D eigenvalue weighted by Crippen LogP contribution is 2.39. The molecular formula is C18H19N3O2S. The van der Waals surface area contributed by atoms with Crippen LogP contribution in [0.2, 0.25) is 0 Å². The molecule has 2 fully saturated rings. The summed E-state index contributed by atoms with van der Waals surface area (Å²) in [5.41, 5.74) is 2.54. The third kappa shape index (κ3) is 2.36. The van der Waals surface area contributed by atoms with Gasteiger partial charge in [-0.2, -0.15) is 11.8 Å². The monoisotopic (exact) mass is 341 g/mol. The summed E-state index contributed by atoms with van der Waals surface area (Å²) >= 11 is 2.00. The molecule has 0 bridgehead atoms. The normalized spacial score (nSPS) is 27.2. The van der Waals surface area contributed by atoms with Crippen LogP contribution < -0.4 is 5.32 Å². The van der Waals surface area contributed by atoms with Crippen LogP contribution >= 0.6 is 11.8 Å². The third-order valence-electron chi connectivity index (χ3n) is 5.06. The lowest BCUT2D eigenvalue weighted by Crippen LogP contribution is -2.44. The van der Waals surface area contributed by atoms with Crippen molar-refractivity contribution in [2.75, 3.05) is 23.4 Å². The van der Waals surface area contributed by atoms with Crippen LogP contribution in [0.4, 0.5) is 5.82 Å². The fourth-order valence-electron chi connectivity index (χ4n) is 3.83. The van der Waals surface area contributed by atoms with E-state index in [9.17, 15) is 0 Å². The SMILES string of the molecule is c1ccc2c(c1)oc1c(NC3CCOC4(CCSC4)C3)ncnc12. The van der Waals surface area contributed by atoms with Crippen LogP contribution in [0.15, 0.2) is 35.0 Å². The molecule has 2 aromatic heterocycles. The molecule has 2 saturated heterocycles. The number of benzene rings is 1. The number of ether oxygens (including phenoxy) is 1. The van der Waals surface area contributed by atoms with Gasteiger partial charge in [-0.1, -0.05) is 12.1 Å².